The molecule has 1 unspecified atom stereocenters. The number of carboxylic acids is 1. The van der Waals surface area contributed by atoms with Crippen LogP contribution in [0.3, 0.4) is 0 Å². The molecule has 0 radical (unpaired) electrons. The van der Waals surface area contributed by atoms with E-state index in [-0.39, 0.29) is 24.2 Å². The summed E-state index contributed by atoms with van der Waals surface area (Å²) in [5, 5.41) is 9.10. The molecule has 1 aliphatic carbocycles. The lowest BCUT2D eigenvalue weighted by atomic mass is 9.96. The first kappa shape index (κ1) is 25.1. The molecular weight excluding hydrogens is 494 g/mol. The summed E-state index contributed by atoms with van der Waals surface area (Å²) in [4.78, 5) is 15.5. The lowest BCUT2D eigenvalue weighted by Crippen LogP contribution is -2.07. The van der Waals surface area contributed by atoms with Crippen molar-refractivity contribution in [2.45, 2.75) is 37.7 Å². The van der Waals surface area contributed by atoms with Crippen LogP contribution in [-0.4, -0.2) is 49.7 Å². The minimum Gasteiger partial charge on any atom is -0.494 e. The van der Waals surface area contributed by atoms with E-state index in [0.717, 1.165) is 35.1 Å². The van der Waals surface area contributed by atoms with E-state index in [9.17, 15) is 13.2 Å². The number of ether oxygens (including phenoxy) is 3. The second kappa shape index (κ2) is 10.4. The van der Waals surface area contributed by atoms with Gasteiger partial charge in [-0.05, 0) is 53.6 Å². The average molecular weight is 524 g/mol. The van der Waals surface area contributed by atoms with Crippen molar-refractivity contribution in [2.24, 2.45) is 0 Å². The number of sulfone groups is 1. The van der Waals surface area contributed by atoms with Crippen LogP contribution < -0.4 is 14.2 Å². The Hall–Kier alpha value is -3.59. The van der Waals surface area contributed by atoms with Crippen molar-refractivity contribution in [1.29, 1.82) is 0 Å². The minimum atomic E-state index is -2.98. The number of carbonyl (C=O) groups is 1. The van der Waals surface area contributed by atoms with E-state index in [1.807, 2.05) is 30.3 Å². The zero-order valence-corrected chi connectivity index (χ0v) is 21.4. The van der Waals surface area contributed by atoms with E-state index in [1.165, 1.54) is 11.8 Å². The van der Waals surface area contributed by atoms with Gasteiger partial charge in [-0.3, -0.25) is 4.79 Å². The fourth-order valence-electron chi connectivity index (χ4n) is 4.98. The maximum Gasteiger partial charge on any atom is 0.304 e. The summed E-state index contributed by atoms with van der Waals surface area (Å²) in [7, 11) is -2.98. The molecule has 0 bridgehead atoms. The summed E-state index contributed by atoms with van der Waals surface area (Å²) in [5.41, 5.74) is 5.41. The van der Waals surface area contributed by atoms with E-state index in [2.05, 4.69) is 17.1 Å². The summed E-state index contributed by atoms with van der Waals surface area (Å²) in [5.74, 6) is 0.891. The zero-order chi connectivity index (χ0) is 26.0. The van der Waals surface area contributed by atoms with Crippen LogP contribution in [0.5, 0.6) is 17.4 Å². The molecule has 2 aromatic carbocycles. The van der Waals surface area contributed by atoms with Gasteiger partial charge in [-0.2, -0.15) is 0 Å². The van der Waals surface area contributed by atoms with Crippen LogP contribution in [0.25, 0.3) is 11.1 Å². The fourth-order valence-corrected chi connectivity index (χ4v) is 5.62. The molecule has 2 aliphatic rings. The maximum atomic E-state index is 11.3. The number of hydrogen-bond acceptors (Lipinski definition) is 7. The van der Waals surface area contributed by atoms with Crippen LogP contribution in [0, 0.1) is 0 Å². The lowest BCUT2D eigenvalue weighted by molar-refractivity contribution is -0.137. The molecule has 2 heterocycles. The average Bonchev–Trinajstić information content (AvgIpc) is 3.45. The molecule has 5 rings (SSSR count). The molecule has 0 saturated carbocycles. The minimum absolute atomic E-state index is 0.0178. The third-order valence-electron chi connectivity index (χ3n) is 6.74. The van der Waals surface area contributed by atoms with E-state index >= 15 is 0 Å². The van der Waals surface area contributed by atoms with Gasteiger partial charge in [0.1, 0.15) is 27.4 Å². The number of carboxylic acid groups (broad SMARTS) is 1. The molecule has 3 aromatic rings. The molecule has 194 valence electrons. The Morgan fingerprint density at radius 2 is 1.97 bits per heavy atom. The molecule has 37 heavy (non-hydrogen) atoms. The summed E-state index contributed by atoms with van der Waals surface area (Å²) in [6, 6.07) is 15.8. The number of rotatable bonds is 10. The number of hydrogen-bond donors (Lipinski definition) is 1. The summed E-state index contributed by atoms with van der Waals surface area (Å²) in [6.45, 7) is 0.695. The van der Waals surface area contributed by atoms with Crippen molar-refractivity contribution in [3.8, 4) is 28.5 Å². The first-order chi connectivity index (χ1) is 17.8. The van der Waals surface area contributed by atoms with Crippen LogP contribution in [-0.2, 0) is 21.1 Å². The van der Waals surface area contributed by atoms with Crippen LogP contribution in [0.1, 0.15) is 48.0 Å². The van der Waals surface area contributed by atoms with Gasteiger partial charge < -0.3 is 19.3 Å². The molecule has 0 fully saturated rings. The molecule has 9 heteroatoms. The monoisotopic (exact) mass is 523 g/mol. The molecule has 0 spiro atoms. The summed E-state index contributed by atoms with van der Waals surface area (Å²) >= 11 is 0. The van der Waals surface area contributed by atoms with Crippen molar-refractivity contribution in [3.63, 3.8) is 0 Å². The molecule has 0 saturated heterocycles. The second-order valence-corrected chi connectivity index (χ2v) is 11.8. The Bertz CT molecular complexity index is 1400. The normalized spacial score (nSPS) is 18.1. The predicted octanol–water partition coefficient (Wildman–Crippen LogP) is 4.58. The maximum absolute atomic E-state index is 11.3. The summed E-state index contributed by atoms with van der Waals surface area (Å²) in [6.07, 6.45) is 4.95. The van der Waals surface area contributed by atoms with Crippen molar-refractivity contribution < 1.29 is 32.5 Å². The number of nitrogens with zero attached hydrogens (tertiary/aromatic N) is 1. The number of pyridine rings is 1. The van der Waals surface area contributed by atoms with Crippen molar-refractivity contribution >= 4 is 15.8 Å². The highest BCUT2D eigenvalue weighted by Crippen LogP contribution is 2.42. The van der Waals surface area contributed by atoms with Gasteiger partial charge in [-0.25, -0.2) is 13.4 Å². The molecule has 1 aliphatic heterocycles. The Labute approximate surface area is 216 Å². The molecular formula is C28H29NO7S. The van der Waals surface area contributed by atoms with Crippen molar-refractivity contribution in [2.75, 3.05) is 25.2 Å². The smallest absolute Gasteiger partial charge is 0.304 e. The highest BCUT2D eigenvalue weighted by Gasteiger charge is 2.30. The highest BCUT2D eigenvalue weighted by molar-refractivity contribution is 7.90. The first-order valence-electron chi connectivity index (χ1n) is 12.3. The molecule has 1 N–H and O–H groups in total. The van der Waals surface area contributed by atoms with Crippen LogP contribution in [0.4, 0.5) is 0 Å². The topological polar surface area (TPSA) is 112 Å². The molecule has 8 nitrogen and oxygen atoms in total. The van der Waals surface area contributed by atoms with E-state index in [4.69, 9.17) is 19.3 Å². The standard InChI is InChI=1S/C28H29NO7S/c1-37(32,33)13-3-12-34-20-8-6-18(7-9-20)21-4-2-5-23-22(21)10-11-25(23)36-27-15-26-24(16-29-27)19(17-35-26)14-28(30)31/h2,4-9,15-16,19,25H,3,10-14,17H2,1H3,(H,30,31)/t19-,25?/m0/s1. The SMILES string of the molecule is CS(=O)(=O)CCCOc1ccc(-c2cccc3c2CCC3Oc2cc3c(cn2)[C@@H](CC(=O)O)CO3)cc1. The quantitative estimate of drug-likeness (QED) is 0.385. The van der Waals surface area contributed by atoms with E-state index in [1.54, 1.807) is 12.3 Å². The lowest BCUT2D eigenvalue weighted by Gasteiger charge is -2.16. The predicted molar refractivity (Wildman–Crippen MR) is 138 cm³/mol. The molecule has 2 atom stereocenters. The van der Waals surface area contributed by atoms with Gasteiger partial charge in [0, 0.05) is 30.0 Å². The van der Waals surface area contributed by atoms with Crippen molar-refractivity contribution in [3.05, 3.63) is 71.4 Å². The Kier molecular flexibility index (Phi) is 7.06. The number of fused-ring (bicyclic) bond motifs is 2. The van der Waals surface area contributed by atoms with Crippen LogP contribution in [0.15, 0.2) is 54.7 Å². The number of aromatic nitrogens is 1. The third-order valence-corrected chi connectivity index (χ3v) is 7.77. The first-order valence-corrected chi connectivity index (χ1v) is 14.4. The third kappa shape index (κ3) is 5.88. The van der Waals surface area contributed by atoms with Crippen molar-refractivity contribution in [1.82, 2.24) is 4.98 Å². The summed E-state index contributed by atoms with van der Waals surface area (Å²) < 4.78 is 40.2. The van der Waals surface area contributed by atoms with Crippen LogP contribution in [0.2, 0.25) is 0 Å². The number of benzene rings is 2. The van der Waals surface area contributed by atoms with Gasteiger partial charge in [-0.15, -0.1) is 0 Å². The fraction of sp³-hybridized carbons (Fsp3) is 0.357. The van der Waals surface area contributed by atoms with Gasteiger partial charge in [0.05, 0.1) is 25.4 Å². The van der Waals surface area contributed by atoms with Gasteiger partial charge in [-0.1, -0.05) is 30.3 Å². The van der Waals surface area contributed by atoms with E-state index < -0.39 is 15.8 Å². The second-order valence-electron chi connectivity index (χ2n) is 9.54. The Balaban J connectivity index is 1.26. The van der Waals surface area contributed by atoms with Gasteiger partial charge in [0.15, 0.2) is 0 Å². The molecule has 1 aromatic heterocycles. The Morgan fingerprint density at radius 1 is 1.16 bits per heavy atom. The number of aliphatic carboxylic acids is 1. The van der Waals surface area contributed by atoms with Gasteiger partial charge in [0.25, 0.3) is 0 Å². The molecule has 0 amide bonds. The largest absolute Gasteiger partial charge is 0.494 e. The zero-order valence-electron chi connectivity index (χ0n) is 20.6. The van der Waals surface area contributed by atoms with E-state index in [0.29, 0.717) is 37.0 Å². The van der Waals surface area contributed by atoms with Gasteiger partial charge in [0.2, 0.25) is 5.88 Å². The van der Waals surface area contributed by atoms with Crippen LogP contribution >= 0.6 is 0 Å². The highest BCUT2D eigenvalue weighted by atomic mass is 32.2. The van der Waals surface area contributed by atoms with Gasteiger partial charge >= 0.3 is 5.97 Å². The Morgan fingerprint density at radius 3 is 2.73 bits per heavy atom.